The van der Waals surface area contributed by atoms with E-state index in [1.54, 1.807) is 12.1 Å². The number of phenolic OH excluding ortho intramolecular Hbond substituents is 1. The number of hydrogen-bond donors (Lipinski definition) is 3. The molecule has 0 aromatic heterocycles. The fourth-order valence-electron chi connectivity index (χ4n) is 3.71. The molecule has 0 radical (unpaired) electrons. The number of carbonyl (C=O) groups excluding carboxylic acids is 1. The lowest BCUT2D eigenvalue weighted by Gasteiger charge is -2.29. The molecule has 1 aliphatic carbocycles. The van der Waals surface area contributed by atoms with E-state index < -0.39 is 23.5 Å². The molecule has 0 aliphatic heterocycles. The number of aromatic hydroxyl groups is 1. The smallest absolute Gasteiger partial charge is 0.416 e. The van der Waals surface area contributed by atoms with Gasteiger partial charge in [-0.15, -0.1) is 0 Å². The van der Waals surface area contributed by atoms with Crippen LogP contribution in [0.1, 0.15) is 47.2 Å². The van der Waals surface area contributed by atoms with Crippen molar-refractivity contribution >= 4 is 5.91 Å². The van der Waals surface area contributed by atoms with Crippen LogP contribution in [-0.2, 0) is 12.7 Å². The Morgan fingerprint density at radius 2 is 1.77 bits per heavy atom. The molecule has 30 heavy (non-hydrogen) atoms. The molecule has 0 spiro atoms. The van der Waals surface area contributed by atoms with Gasteiger partial charge in [-0.2, -0.15) is 13.2 Å². The Hall–Kier alpha value is -2.61. The third-order valence-electron chi connectivity index (χ3n) is 5.46. The number of nitrogens with one attached hydrogen (secondary N) is 2. The summed E-state index contributed by atoms with van der Waals surface area (Å²) in [4.78, 5) is 12.2. The topological polar surface area (TPSA) is 61.4 Å². The summed E-state index contributed by atoms with van der Waals surface area (Å²) >= 11 is 0. The SMILES string of the molecule is O=C(NC[C@H]1CC[C@@H](NCc2ccccc2O)CC1)c1cc(F)cc(C(F)(F)F)c1. The first-order chi connectivity index (χ1) is 14.2. The molecule has 2 aromatic carbocycles. The van der Waals surface area contributed by atoms with Crippen LogP contribution in [0.3, 0.4) is 0 Å². The third kappa shape index (κ3) is 5.95. The summed E-state index contributed by atoms with van der Waals surface area (Å²) in [5.41, 5.74) is -0.677. The van der Waals surface area contributed by atoms with Crippen molar-refractivity contribution in [1.82, 2.24) is 10.6 Å². The zero-order chi connectivity index (χ0) is 21.7. The van der Waals surface area contributed by atoms with Crippen LogP contribution in [0.15, 0.2) is 42.5 Å². The lowest BCUT2D eigenvalue weighted by molar-refractivity contribution is -0.137. The maximum atomic E-state index is 13.5. The van der Waals surface area contributed by atoms with Gasteiger partial charge in [-0.25, -0.2) is 4.39 Å². The minimum atomic E-state index is -4.71. The molecule has 8 heteroatoms. The summed E-state index contributed by atoms with van der Waals surface area (Å²) in [6.07, 6.45) is -1.21. The van der Waals surface area contributed by atoms with E-state index in [0.717, 1.165) is 37.3 Å². The number of alkyl halides is 3. The number of benzene rings is 2. The average Bonchev–Trinajstić information content (AvgIpc) is 2.71. The Morgan fingerprint density at radius 1 is 1.07 bits per heavy atom. The van der Waals surface area contributed by atoms with E-state index in [4.69, 9.17) is 0 Å². The van der Waals surface area contributed by atoms with Crippen LogP contribution in [0.4, 0.5) is 17.6 Å². The van der Waals surface area contributed by atoms with Crippen molar-refractivity contribution in [3.63, 3.8) is 0 Å². The quantitative estimate of drug-likeness (QED) is 0.593. The summed E-state index contributed by atoms with van der Waals surface area (Å²) in [5.74, 6) is -1.33. The zero-order valence-corrected chi connectivity index (χ0v) is 16.3. The van der Waals surface area contributed by atoms with E-state index in [9.17, 15) is 27.5 Å². The number of phenols is 1. The maximum Gasteiger partial charge on any atom is 0.416 e. The Bertz CT molecular complexity index is 878. The Labute approximate surface area is 172 Å². The molecule has 0 atom stereocenters. The lowest BCUT2D eigenvalue weighted by atomic mass is 9.86. The van der Waals surface area contributed by atoms with Gasteiger partial charge in [-0.1, -0.05) is 18.2 Å². The molecule has 3 rings (SSSR count). The molecule has 0 bridgehead atoms. The monoisotopic (exact) mass is 424 g/mol. The summed E-state index contributed by atoms with van der Waals surface area (Å²) in [7, 11) is 0. The van der Waals surface area contributed by atoms with E-state index in [-0.39, 0.29) is 17.2 Å². The fourth-order valence-corrected chi connectivity index (χ4v) is 3.71. The minimum absolute atomic E-state index is 0.216. The highest BCUT2D eigenvalue weighted by Crippen LogP contribution is 2.30. The van der Waals surface area contributed by atoms with E-state index in [0.29, 0.717) is 31.3 Å². The van der Waals surface area contributed by atoms with Crippen LogP contribution in [0.2, 0.25) is 0 Å². The third-order valence-corrected chi connectivity index (χ3v) is 5.46. The highest BCUT2D eigenvalue weighted by Gasteiger charge is 2.32. The van der Waals surface area contributed by atoms with Crippen molar-refractivity contribution in [3.8, 4) is 5.75 Å². The first kappa shape index (κ1) is 22.1. The Morgan fingerprint density at radius 3 is 2.43 bits per heavy atom. The van der Waals surface area contributed by atoms with Crippen molar-refractivity contribution in [2.24, 2.45) is 5.92 Å². The molecule has 0 heterocycles. The van der Waals surface area contributed by atoms with Crippen LogP contribution >= 0.6 is 0 Å². The van der Waals surface area contributed by atoms with Gasteiger partial charge in [0.05, 0.1) is 5.56 Å². The van der Waals surface area contributed by atoms with Gasteiger partial charge in [0.2, 0.25) is 0 Å². The van der Waals surface area contributed by atoms with E-state index >= 15 is 0 Å². The highest BCUT2D eigenvalue weighted by atomic mass is 19.4. The molecule has 1 fully saturated rings. The van der Waals surface area contributed by atoms with E-state index in [1.165, 1.54) is 0 Å². The van der Waals surface area contributed by atoms with Gasteiger partial charge in [0.15, 0.2) is 0 Å². The molecule has 1 aliphatic rings. The fraction of sp³-hybridized carbons (Fsp3) is 0.409. The first-order valence-electron chi connectivity index (χ1n) is 9.88. The van der Waals surface area contributed by atoms with Gasteiger partial charge < -0.3 is 15.7 Å². The predicted octanol–water partition coefficient (Wildman–Crippen LogP) is 4.63. The predicted molar refractivity (Wildman–Crippen MR) is 104 cm³/mol. The average molecular weight is 424 g/mol. The van der Waals surface area contributed by atoms with Crippen LogP contribution in [-0.4, -0.2) is 23.6 Å². The standard InChI is InChI=1S/C22H24F4N2O2/c23-18-10-16(9-17(11-18)22(24,25)26)21(30)28-12-14-5-7-19(8-6-14)27-13-15-3-1-2-4-20(15)29/h1-4,9-11,14,19,27,29H,5-8,12-13H2,(H,28,30)/t14-,19+. The number of carbonyl (C=O) groups is 1. The molecule has 2 aromatic rings. The number of rotatable bonds is 6. The van der Waals surface area contributed by atoms with E-state index in [1.807, 2.05) is 12.1 Å². The second-order valence-corrected chi connectivity index (χ2v) is 7.66. The van der Waals surface area contributed by atoms with Crippen molar-refractivity contribution in [2.75, 3.05) is 6.54 Å². The largest absolute Gasteiger partial charge is 0.508 e. The van der Waals surface area contributed by atoms with Gasteiger partial charge in [-0.05, 0) is 55.9 Å². The molecular formula is C22H24F4N2O2. The second kappa shape index (κ2) is 9.47. The Balaban J connectivity index is 1.45. The van der Waals surface area contributed by atoms with Gasteiger partial charge in [0, 0.05) is 30.3 Å². The molecule has 0 unspecified atom stereocenters. The van der Waals surface area contributed by atoms with Gasteiger partial charge in [-0.3, -0.25) is 4.79 Å². The van der Waals surface area contributed by atoms with Gasteiger partial charge >= 0.3 is 6.18 Å². The second-order valence-electron chi connectivity index (χ2n) is 7.66. The molecule has 162 valence electrons. The van der Waals surface area contributed by atoms with Crippen molar-refractivity contribution in [1.29, 1.82) is 0 Å². The molecule has 0 saturated heterocycles. The van der Waals surface area contributed by atoms with Gasteiger partial charge in [0.25, 0.3) is 5.91 Å². The Kier molecular flexibility index (Phi) is 6.97. The summed E-state index contributed by atoms with van der Waals surface area (Å²) in [6.45, 7) is 0.905. The van der Waals surface area contributed by atoms with Crippen molar-refractivity contribution in [3.05, 3.63) is 65.0 Å². The van der Waals surface area contributed by atoms with Crippen LogP contribution < -0.4 is 10.6 Å². The molecule has 4 nitrogen and oxygen atoms in total. The normalized spacial score (nSPS) is 19.5. The summed E-state index contributed by atoms with van der Waals surface area (Å²) in [6, 6.07) is 9.29. The van der Waals surface area contributed by atoms with Crippen molar-refractivity contribution < 1.29 is 27.5 Å². The molecular weight excluding hydrogens is 400 g/mol. The summed E-state index contributed by atoms with van der Waals surface area (Å²) < 4.78 is 51.9. The van der Waals surface area contributed by atoms with Crippen LogP contribution in [0.25, 0.3) is 0 Å². The molecule has 1 amide bonds. The highest BCUT2D eigenvalue weighted by molar-refractivity contribution is 5.94. The number of hydrogen-bond acceptors (Lipinski definition) is 3. The van der Waals surface area contributed by atoms with Crippen LogP contribution in [0.5, 0.6) is 5.75 Å². The molecule has 3 N–H and O–H groups in total. The zero-order valence-electron chi connectivity index (χ0n) is 16.3. The summed E-state index contributed by atoms with van der Waals surface area (Å²) in [5, 5.41) is 15.9. The first-order valence-corrected chi connectivity index (χ1v) is 9.88. The number of amides is 1. The van der Waals surface area contributed by atoms with Gasteiger partial charge in [0.1, 0.15) is 11.6 Å². The minimum Gasteiger partial charge on any atom is -0.508 e. The van der Waals surface area contributed by atoms with Crippen molar-refractivity contribution in [2.45, 2.75) is 44.4 Å². The van der Waals surface area contributed by atoms with E-state index in [2.05, 4.69) is 10.6 Å². The maximum absolute atomic E-state index is 13.5. The van der Waals surface area contributed by atoms with Crippen LogP contribution in [0, 0.1) is 11.7 Å². The lowest BCUT2D eigenvalue weighted by Crippen LogP contribution is -2.36. The number of para-hydroxylation sites is 1. The number of halogens is 4. The molecule has 1 saturated carbocycles.